The molecule has 1 aliphatic rings. The van der Waals surface area contributed by atoms with Gasteiger partial charge >= 0.3 is 6.18 Å². The third-order valence-corrected chi connectivity index (χ3v) is 10.6. The number of halogens is 5. The first-order valence-electron chi connectivity index (χ1n) is 16.7. The fourth-order valence-corrected chi connectivity index (χ4v) is 7.97. The van der Waals surface area contributed by atoms with E-state index in [1.807, 2.05) is 13.0 Å². The number of alkyl halides is 3. The SMILES string of the molecule is CCN(c1ncc(C)cc1CNc1nc(-c2cc(F)c(OCc3ccccc3)cc2CC(F)(F)F)cc2c1c(I)nn2C1CCCCO1)S(C)(=O)=O. The van der Waals surface area contributed by atoms with Crippen molar-refractivity contribution in [3.8, 4) is 17.0 Å². The van der Waals surface area contributed by atoms with Crippen molar-refractivity contribution >= 4 is 55.2 Å². The van der Waals surface area contributed by atoms with Gasteiger partial charge in [-0.25, -0.2) is 27.5 Å². The van der Waals surface area contributed by atoms with Crippen molar-refractivity contribution in [1.29, 1.82) is 0 Å². The zero-order chi connectivity index (χ0) is 37.2. The largest absolute Gasteiger partial charge is 0.486 e. The summed E-state index contributed by atoms with van der Waals surface area (Å²) in [7, 11) is -3.67. The van der Waals surface area contributed by atoms with Crippen molar-refractivity contribution in [1.82, 2.24) is 19.7 Å². The molecule has 0 spiro atoms. The molecule has 0 aliphatic carbocycles. The highest BCUT2D eigenvalue weighted by molar-refractivity contribution is 14.1. The number of hydrogen-bond acceptors (Lipinski definition) is 8. The molecular weight excluding hydrogens is 815 g/mol. The number of aryl methyl sites for hydroxylation is 1. The van der Waals surface area contributed by atoms with E-state index in [0.29, 0.717) is 33.2 Å². The Morgan fingerprint density at radius 2 is 1.88 bits per heavy atom. The summed E-state index contributed by atoms with van der Waals surface area (Å²) in [4.78, 5) is 9.22. The van der Waals surface area contributed by atoms with Gasteiger partial charge in [-0.3, -0.25) is 4.31 Å². The monoisotopic (exact) mass is 852 g/mol. The lowest BCUT2D eigenvalue weighted by Crippen LogP contribution is -2.31. The van der Waals surface area contributed by atoms with Crippen molar-refractivity contribution in [3.05, 3.63) is 92.6 Å². The minimum Gasteiger partial charge on any atom is -0.486 e. The van der Waals surface area contributed by atoms with Crippen LogP contribution >= 0.6 is 22.6 Å². The molecule has 3 aromatic heterocycles. The number of rotatable bonds is 12. The number of nitrogens with zero attached hydrogens (tertiary/aromatic N) is 5. The van der Waals surface area contributed by atoms with E-state index in [-0.39, 0.29) is 53.9 Å². The maximum atomic E-state index is 15.7. The molecule has 52 heavy (non-hydrogen) atoms. The molecule has 4 heterocycles. The van der Waals surface area contributed by atoms with Crippen molar-refractivity contribution in [2.24, 2.45) is 0 Å². The number of benzene rings is 2. The molecular formula is C36H37F4IN6O4S. The molecule has 10 nitrogen and oxygen atoms in total. The summed E-state index contributed by atoms with van der Waals surface area (Å²) < 4.78 is 98.4. The van der Waals surface area contributed by atoms with Gasteiger partial charge in [-0.15, -0.1) is 0 Å². The van der Waals surface area contributed by atoms with Crippen molar-refractivity contribution in [2.45, 2.75) is 65.1 Å². The summed E-state index contributed by atoms with van der Waals surface area (Å²) in [6.45, 7) is 4.21. The van der Waals surface area contributed by atoms with Crippen LogP contribution in [0.5, 0.6) is 5.75 Å². The Hall–Kier alpha value is -4.03. The van der Waals surface area contributed by atoms with E-state index in [4.69, 9.17) is 19.6 Å². The van der Waals surface area contributed by atoms with Gasteiger partial charge in [0.05, 0.1) is 29.3 Å². The number of anilines is 2. The molecule has 16 heteroatoms. The van der Waals surface area contributed by atoms with Crippen molar-refractivity contribution < 1.29 is 35.5 Å². The number of nitrogens with one attached hydrogen (secondary N) is 1. The van der Waals surface area contributed by atoms with Gasteiger partial charge in [-0.1, -0.05) is 30.3 Å². The van der Waals surface area contributed by atoms with Gasteiger partial charge in [0.25, 0.3) is 0 Å². The first-order chi connectivity index (χ1) is 24.7. The molecule has 2 aromatic carbocycles. The van der Waals surface area contributed by atoms with E-state index in [1.165, 1.54) is 4.31 Å². The van der Waals surface area contributed by atoms with Crippen LogP contribution in [0, 0.1) is 16.4 Å². The van der Waals surface area contributed by atoms with Gasteiger partial charge in [0, 0.05) is 37.0 Å². The van der Waals surface area contributed by atoms with Gasteiger partial charge in [-0.05, 0) is 96.7 Å². The van der Waals surface area contributed by atoms with Gasteiger partial charge < -0.3 is 14.8 Å². The molecule has 1 unspecified atom stereocenters. The maximum Gasteiger partial charge on any atom is 0.393 e. The fraction of sp³-hybridized carbons (Fsp3) is 0.361. The molecule has 1 aliphatic heterocycles. The van der Waals surface area contributed by atoms with Crippen LogP contribution in [0.1, 0.15) is 54.7 Å². The van der Waals surface area contributed by atoms with Crippen LogP contribution in [0.15, 0.2) is 60.8 Å². The lowest BCUT2D eigenvalue weighted by Gasteiger charge is -2.24. The predicted molar refractivity (Wildman–Crippen MR) is 199 cm³/mol. The normalized spacial score (nSPS) is 15.2. The molecule has 276 valence electrons. The van der Waals surface area contributed by atoms with Gasteiger partial charge in [0.1, 0.15) is 21.9 Å². The average molecular weight is 853 g/mol. The van der Waals surface area contributed by atoms with E-state index in [0.717, 1.165) is 42.4 Å². The third-order valence-electron chi connectivity index (χ3n) is 8.59. The number of ether oxygens (including phenoxy) is 2. The van der Waals surface area contributed by atoms with E-state index in [9.17, 15) is 21.6 Å². The summed E-state index contributed by atoms with van der Waals surface area (Å²) in [5.41, 5.74) is 2.38. The summed E-state index contributed by atoms with van der Waals surface area (Å²) in [6, 6.07) is 14.4. The van der Waals surface area contributed by atoms with Gasteiger partial charge in [0.15, 0.2) is 17.8 Å². The van der Waals surface area contributed by atoms with Crippen LogP contribution < -0.4 is 14.4 Å². The van der Waals surface area contributed by atoms with Crippen LogP contribution in [-0.2, 0) is 34.3 Å². The molecule has 6 rings (SSSR count). The van der Waals surface area contributed by atoms with Crippen LogP contribution in [0.2, 0.25) is 0 Å². The Kier molecular flexibility index (Phi) is 11.3. The van der Waals surface area contributed by atoms with Crippen LogP contribution in [0.4, 0.5) is 29.2 Å². The van der Waals surface area contributed by atoms with Crippen LogP contribution in [0.3, 0.4) is 0 Å². The van der Waals surface area contributed by atoms with E-state index < -0.39 is 34.7 Å². The summed E-state index contributed by atoms with van der Waals surface area (Å²) in [5, 5.41) is 8.63. The molecule has 0 amide bonds. The minimum absolute atomic E-state index is 0.0373. The Morgan fingerprint density at radius 3 is 2.56 bits per heavy atom. The molecule has 1 atom stereocenters. The lowest BCUT2D eigenvalue weighted by atomic mass is 9.99. The van der Waals surface area contributed by atoms with E-state index >= 15 is 4.39 Å². The molecule has 1 N–H and O–H groups in total. The Balaban J connectivity index is 1.48. The number of hydrogen-bond donors (Lipinski definition) is 1. The second-order valence-electron chi connectivity index (χ2n) is 12.6. The number of aromatic nitrogens is 4. The summed E-state index contributed by atoms with van der Waals surface area (Å²) in [5.74, 6) is -0.663. The van der Waals surface area contributed by atoms with Crippen LogP contribution in [0.25, 0.3) is 22.2 Å². The smallest absolute Gasteiger partial charge is 0.393 e. The molecule has 0 saturated carbocycles. The third kappa shape index (κ3) is 8.60. The highest BCUT2D eigenvalue weighted by atomic mass is 127. The lowest BCUT2D eigenvalue weighted by molar-refractivity contribution is -0.127. The van der Waals surface area contributed by atoms with Gasteiger partial charge in [-0.2, -0.15) is 18.3 Å². The average Bonchev–Trinajstić information content (AvgIpc) is 3.44. The molecule has 1 saturated heterocycles. The van der Waals surface area contributed by atoms with E-state index in [2.05, 4.69) is 32.9 Å². The Labute approximate surface area is 312 Å². The molecule has 0 radical (unpaired) electrons. The minimum atomic E-state index is -4.62. The number of fused-ring (bicyclic) bond motifs is 1. The molecule has 0 bridgehead atoms. The quantitative estimate of drug-likeness (QED) is 0.0986. The first-order valence-corrected chi connectivity index (χ1v) is 19.6. The summed E-state index contributed by atoms with van der Waals surface area (Å²) >= 11 is 2.08. The summed E-state index contributed by atoms with van der Waals surface area (Å²) in [6.07, 6.45) is -1.27. The van der Waals surface area contributed by atoms with Crippen molar-refractivity contribution in [2.75, 3.05) is 29.0 Å². The van der Waals surface area contributed by atoms with Crippen LogP contribution in [-0.4, -0.2) is 53.7 Å². The number of sulfonamides is 1. The first kappa shape index (κ1) is 37.7. The fourth-order valence-electron chi connectivity index (χ4n) is 6.26. The zero-order valence-electron chi connectivity index (χ0n) is 28.7. The van der Waals surface area contributed by atoms with Gasteiger partial charge in [0.2, 0.25) is 10.0 Å². The van der Waals surface area contributed by atoms with E-state index in [1.54, 1.807) is 54.2 Å². The second-order valence-corrected chi connectivity index (χ2v) is 15.5. The van der Waals surface area contributed by atoms with Crippen molar-refractivity contribution in [3.63, 3.8) is 0 Å². The zero-order valence-corrected chi connectivity index (χ0v) is 31.6. The molecule has 5 aromatic rings. The Morgan fingerprint density at radius 1 is 1.12 bits per heavy atom. The topological polar surface area (TPSA) is 111 Å². The standard InChI is InChI=1S/C36H37F4IN6O4S/c1-4-46(52(3,48)49)35-25(14-22(2)19-43-35)20-42-34-32-29(47(45-33(32)41)31-12-8-9-13-50-31)17-28(44-34)26-16-27(37)30(15-24(26)18-36(38,39)40)51-21-23-10-6-5-7-11-23/h5-7,10-11,14-17,19,31H,4,8-9,12-13,18,20-21H2,1-3H3,(H,42,44). The maximum absolute atomic E-state index is 15.7. The number of pyridine rings is 2. The Bertz CT molecular complexity index is 2180. The predicted octanol–water partition coefficient (Wildman–Crippen LogP) is 8.33. The highest BCUT2D eigenvalue weighted by Crippen LogP contribution is 2.39. The second kappa shape index (κ2) is 15.5. The molecule has 1 fully saturated rings. The highest BCUT2D eigenvalue weighted by Gasteiger charge is 2.31.